The lowest BCUT2D eigenvalue weighted by Gasteiger charge is -2.35. The van der Waals surface area contributed by atoms with Crippen molar-refractivity contribution in [3.63, 3.8) is 0 Å². The molecule has 2 aromatic heterocycles. The second-order valence-electron chi connectivity index (χ2n) is 5.63. The number of imidazole rings is 1. The van der Waals surface area contributed by atoms with Crippen molar-refractivity contribution in [1.82, 2.24) is 14.5 Å². The zero-order valence-electron chi connectivity index (χ0n) is 12.5. The van der Waals surface area contributed by atoms with E-state index < -0.39 is 0 Å². The maximum Gasteiger partial charge on any atom is 0.212 e. The van der Waals surface area contributed by atoms with Crippen LogP contribution >= 0.6 is 34.8 Å². The van der Waals surface area contributed by atoms with Crippen LogP contribution < -0.4 is 4.90 Å². The Kier molecular flexibility index (Phi) is 4.04. The molecular formula is C16H13Cl3N4O. The summed E-state index contributed by atoms with van der Waals surface area (Å²) in [5, 5.41) is 11.3. The molecule has 0 fully saturated rings. The minimum Gasteiger partial charge on any atom is -0.394 e. The number of aliphatic hydroxyl groups is 1. The minimum absolute atomic E-state index is 0.0302. The summed E-state index contributed by atoms with van der Waals surface area (Å²) in [6, 6.07) is 7.15. The lowest BCUT2D eigenvalue weighted by atomic mass is 10.1. The Balaban J connectivity index is 1.96. The molecule has 1 aliphatic rings. The zero-order valence-corrected chi connectivity index (χ0v) is 14.7. The fraction of sp³-hybridized carbons (Fsp3) is 0.250. The molecular weight excluding hydrogens is 371 g/mol. The van der Waals surface area contributed by atoms with Gasteiger partial charge in [-0.2, -0.15) is 0 Å². The minimum atomic E-state index is -0.167. The highest BCUT2D eigenvalue weighted by Crippen LogP contribution is 2.39. The van der Waals surface area contributed by atoms with E-state index in [2.05, 4.69) is 14.5 Å². The third-order valence-corrected chi connectivity index (χ3v) is 4.99. The SMILES string of the molecule is OCC1CCn2c(nc3c(Cl)cccc32)N1c1ncc(Cl)cc1Cl. The highest BCUT2D eigenvalue weighted by molar-refractivity contribution is 6.36. The van der Waals surface area contributed by atoms with Gasteiger partial charge in [0.25, 0.3) is 0 Å². The van der Waals surface area contributed by atoms with Gasteiger partial charge in [0, 0.05) is 12.7 Å². The normalized spacial score (nSPS) is 17.3. The Morgan fingerprint density at radius 2 is 2.04 bits per heavy atom. The van der Waals surface area contributed by atoms with Crippen LogP contribution in [0.25, 0.3) is 11.0 Å². The highest BCUT2D eigenvalue weighted by Gasteiger charge is 2.32. The first kappa shape index (κ1) is 16.0. The zero-order chi connectivity index (χ0) is 16.8. The van der Waals surface area contributed by atoms with E-state index in [0.717, 1.165) is 24.0 Å². The van der Waals surface area contributed by atoms with Gasteiger partial charge in [0.05, 0.1) is 33.2 Å². The Labute approximate surface area is 153 Å². The summed E-state index contributed by atoms with van der Waals surface area (Å²) in [7, 11) is 0. The van der Waals surface area contributed by atoms with Gasteiger partial charge >= 0.3 is 0 Å². The van der Waals surface area contributed by atoms with Crippen molar-refractivity contribution >= 4 is 57.6 Å². The highest BCUT2D eigenvalue weighted by atomic mass is 35.5. The van der Waals surface area contributed by atoms with E-state index >= 15 is 0 Å². The van der Waals surface area contributed by atoms with Crippen LogP contribution in [0.5, 0.6) is 0 Å². The number of aryl methyl sites for hydroxylation is 1. The molecule has 1 atom stereocenters. The van der Waals surface area contributed by atoms with E-state index in [0.29, 0.717) is 26.8 Å². The van der Waals surface area contributed by atoms with Crippen LogP contribution in [0.2, 0.25) is 15.1 Å². The number of para-hydroxylation sites is 1. The molecule has 1 unspecified atom stereocenters. The molecule has 0 saturated heterocycles. The van der Waals surface area contributed by atoms with Crippen LogP contribution in [0.15, 0.2) is 30.5 Å². The summed E-state index contributed by atoms with van der Waals surface area (Å²) in [5.74, 6) is 1.19. The molecule has 8 heteroatoms. The maximum absolute atomic E-state index is 9.82. The fourth-order valence-corrected chi connectivity index (χ4v) is 3.78. The molecule has 124 valence electrons. The van der Waals surface area contributed by atoms with Gasteiger partial charge in [-0.1, -0.05) is 40.9 Å². The third kappa shape index (κ3) is 2.43. The molecule has 3 aromatic rings. The summed E-state index contributed by atoms with van der Waals surface area (Å²) >= 11 is 18.6. The number of anilines is 2. The molecule has 0 radical (unpaired) electrons. The average Bonchev–Trinajstić information content (AvgIpc) is 2.95. The molecule has 4 rings (SSSR count). The third-order valence-electron chi connectivity index (χ3n) is 4.20. The number of rotatable bonds is 2. The lowest BCUT2D eigenvalue weighted by Crippen LogP contribution is -2.41. The second kappa shape index (κ2) is 6.08. The smallest absolute Gasteiger partial charge is 0.212 e. The number of aromatic nitrogens is 3. The van der Waals surface area contributed by atoms with E-state index in [9.17, 15) is 5.11 Å². The van der Waals surface area contributed by atoms with E-state index in [1.54, 1.807) is 6.07 Å². The van der Waals surface area contributed by atoms with Crippen LogP contribution in [0.4, 0.5) is 11.8 Å². The maximum atomic E-state index is 9.82. The van der Waals surface area contributed by atoms with Crippen molar-refractivity contribution in [2.75, 3.05) is 11.5 Å². The standard InChI is InChI=1S/C16H13Cl3N4O/c17-9-6-12(19)15(20-7-9)23-10(8-24)4-5-22-13-3-1-2-11(18)14(13)21-16(22)23/h1-3,6-7,10,24H,4-5,8H2. The van der Waals surface area contributed by atoms with Gasteiger partial charge in [0.1, 0.15) is 5.52 Å². The van der Waals surface area contributed by atoms with Crippen LogP contribution in [0.1, 0.15) is 6.42 Å². The summed E-state index contributed by atoms with van der Waals surface area (Å²) in [4.78, 5) is 10.9. The largest absolute Gasteiger partial charge is 0.394 e. The predicted molar refractivity (Wildman–Crippen MR) is 96.6 cm³/mol. The summed E-state index contributed by atoms with van der Waals surface area (Å²) in [6.07, 6.45) is 2.27. The summed E-state index contributed by atoms with van der Waals surface area (Å²) < 4.78 is 2.07. The van der Waals surface area contributed by atoms with Gasteiger partial charge in [0.2, 0.25) is 5.95 Å². The molecule has 0 aliphatic carbocycles. The lowest BCUT2D eigenvalue weighted by molar-refractivity contribution is 0.247. The predicted octanol–water partition coefficient (Wildman–Crippen LogP) is 4.29. The van der Waals surface area contributed by atoms with Crippen molar-refractivity contribution in [1.29, 1.82) is 0 Å². The van der Waals surface area contributed by atoms with E-state index in [4.69, 9.17) is 34.8 Å². The number of benzene rings is 1. The van der Waals surface area contributed by atoms with Crippen molar-refractivity contribution < 1.29 is 5.11 Å². The van der Waals surface area contributed by atoms with Gasteiger partial charge in [-0.15, -0.1) is 0 Å². The molecule has 1 aliphatic heterocycles. The van der Waals surface area contributed by atoms with Crippen molar-refractivity contribution in [2.45, 2.75) is 19.0 Å². The number of fused-ring (bicyclic) bond motifs is 3. The molecule has 0 amide bonds. The monoisotopic (exact) mass is 382 g/mol. The number of hydrogen-bond donors (Lipinski definition) is 1. The molecule has 1 N–H and O–H groups in total. The first-order valence-electron chi connectivity index (χ1n) is 7.46. The van der Waals surface area contributed by atoms with E-state index in [-0.39, 0.29) is 12.6 Å². The Bertz CT molecular complexity index is 927. The molecule has 0 bridgehead atoms. The molecule has 0 spiro atoms. The summed E-state index contributed by atoms with van der Waals surface area (Å²) in [6.45, 7) is 0.705. The number of nitrogens with zero attached hydrogens (tertiary/aromatic N) is 4. The topological polar surface area (TPSA) is 54.2 Å². The number of halogens is 3. The second-order valence-corrected chi connectivity index (χ2v) is 6.88. The van der Waals surface area contributed by atoms with Crippen LogP contribution in [-0.2, 0) is 6.54 Å². The van der Waals surface area contributed by atoms with Crippen LogP contribution in [0, 0.1) is 0 Å². The molecule has 24 heavy (non-hydrogen) atoms. The van der Waals surface area contributed by atoms with Crippen LogP contribution in [0.3, 0.4) is 0 Å². The van der Waals surface area contributed by atoms with Gasteiger partial charge in [-0.3, -0.25) is 4.90 Å². The van der Waals surface area contributed by atoms with Gasteiger partial charge < -0.3 is 9.67 Å². The Hall–Kier alpha value is -1.53. The number of aliphatic hydroxyl groups excluding tert-OH is 1. The Morgan fingerprint density at radius 3 is 2.79 bits per heavy atom. The van der Waals surface area contributed by atoms with Crippen LogP contribution in [-0.4, -0.2) is 32.3 Å². The molecule has 5 nitrogen and oxygen atoms in total. The Morgan fingerprint density at radius 1 is 1.21 bits per heavy atom. The quantitative estimate of drug-likeness (QED) is 0.717. The number of pyridine rings is 1. The fourth-order valence-electron chi connectivity index (χ4n) is 3.10. The first-order chi connectivity index (χ1) is 11.6. The van der Waals surface area contributed by atoms with Crippen molar-refractivity contribution in [3.8, 4) is 0 Å². The van der Waals surface area contributed by atoms with Crippen molar-refractivity contribution in [3.05, 3.63) is 45.5 Å². The first-order valence-corrected chi connectivity index (χ1v) is 8.59. The van der Waals surface area contributed by atoms with Gasteiger partial charge in [-0.05, 0) is 24.6 Å². The molecule has 0 saturated carbocycles. The number of hydrogen-bond acceptors (Lipinski definition) is 4. The summed E-state index contributed by atoms with van der Waals surface area (Å²) in [5.41, 5.74) is 1.67. The molecule has 3 heterocycles. The average molecular weight is 384 g/mol. The van der Waals surface area contributed by atoms with E-state index in [1.807, 2.05) is 23.1 Å². The van der Waals surface area contributed by atoms with E-state index in [1.165, 1.54) is 6.20 Å². The van der Waals surface area contributed by atoms with Gasteiger partial charge in [-0.25, -0.2) is 9.97 Å². The molecule has 1 aromatic carbocycles. The van der Waals surface area contributed by atoms with Gasteiger partial charge in [0.15, 0.2) is 5.82 Å². The van der Waals surface area contributed by atoms with Crippen molar-refractivity contribution in [2.24, 2.45) is 0 Å².